The quantitative estimate of drug-likeness (QED) is 0.815. The second-order valence-corrected chi connectivity index (χ2v) is 6.80. The van der Waals surface area contributed by atoms with Crippen LogP contribution in [0.4, 0.5) is 0 Å². The first-order chi connectivity index (χ1) is 9.13. The Bertz CT molecular complexity index is 523. The minimum Gasteiger partial charge on any atom is -0.310 e. The lowest BCUT2D eigenvalue weighted by atomic mass is 10.2. The van der Waals surface area contributed by atoms with E-state index >= 15 is 0 Å². The maximum atomic E-state index is 3.50. The fourth-order valence-electron chi connectivity index (χ4n) is 1.66. The molecule has 2 aromatic carbocycles. The van der Waals surface area contributed by atoms with Crippen molar-refractivity contribution in [1.82, 2.24) is 5.32 Å². The molecule has 0 spiro atoms. The monoisotopic (exact) mass is 335 g/mol. The predicted molar refractivity (Wildman–Crippen MR) is 86.7 cm³/mol. The van der Waals surface area contributed by atoms with Crippen molar-refractivity contribution in [3.05, 3.63) is 58.6 Å². The summed E-state index contributed by atoms with van der Waals surface area (Å²) in [4.78, 5) is 2.52. The Morgan fingerprint density at radius 2 is 1.79 bits per heavy atom. The Labute approximate surface area is 127 Å². The van der Waals surface area contributed by atoms with E-state index in [1.54, 1.807) is 11.8 Å². The number of rotatable bonds is 5. The summed E-state index contributed by atoms with van der Waals surface area (Å²) in [6.07, 6.45) is 0. The average molecular weight is 336 g/mol. The molecule has 2 rings (SSSR count). The highest BCUT2D eigenvalue weighted by atomic mass is 79.9. The molecular weight excluding hydrogens is 318 g/mol. The molecule has 1 nitrogen and oxygen atoms in total. The zero-order valence-corrected chi connectivity index (χ0v) is 13.6. The molecule has 0 aliphatic carbocycles. The summed E-state index contributed by atoms with van der Waals surface area (Å²) in [5, 5.41) is 3.43. The molecule has 0 radical (unpaired) electrons. The summed E-state index contributed by atoms with van der Waals surface area (Å²) in [6, 6.07) is 17.6. The second kappa shape index (κ2) is 7.13. The van der Waals surface area contributed by atoms with Crippen molar-refractivity contribution >= 4 is 27.7 Å². The maximum Gasteiger partial charge on any atom is 0.0207 e. The third-order valence-electron chi connectivity index (χ3n) is 2.67. The van der Waals surface area contributed by atoms with Crippen LogP contribution in [0.15, 0.2) is 62.8 Å². The SMILES string of the molecule is CC(C)NCc1ccc(Sc2cccc(Br)c2)cc1. The molecule has 0 aliphatic heterocycles. The van der Waals surface area contributed by atoms with Crippen LogP contribution >= 0.6 is 27.7 Å². The third-order valence-corrected chi connectivity index (χ3v) is 4.16. The van der Waals surface area contributed by atoms with Gasteiger partial charge in [-0.15, -0.1) is 0 Å². The van der Waals surface area contributed by atoms with Crippen molar-refractivity contribution in [2.24, 2.45) is 0 Å². The van der Waals surface area contributed by atoms with Gasteiger partial charge in [0, 0.05) is 26.9 Å². The van der Waals surface area contributed by atoms with E-state index in [9.17, 15) is 0 Å². The van der Waals surface area contributed by atoms with Gasteiger partial charge in [-0.1, -0.05) is 59.7 Å². The Balaban J connectivity index is 1.98. The van der Waals surface area contributed by atoms with E-state index in [1.807, 2.05) is 6.07 Å². The molecule has 100 valence electrons. The molecule has 0 bridgehead atoms. The largest absolute Gasteiger partial charge is 0.310 e. The molecule has 0 atom stereocenters. The average Bonchev–Trinajstić information content (AvgIpc) is 2.38. The molecule has 0 unspecified atom stereocenters. The van der Waals surface area contributed by atoms with Crippen molar-refractivity contribution in [3.8, 4) is 0 Å². The Hall–Kier alpha value is -0.770. The second-order valence-electron chi connectivity index (χ2n) is 4.74. The van der Waals surface area contributed by atoms with Gasteiger partial charge in [-0.3, -0.25) is 0 Å². The van der Waals surface area contributed by atoms with Gasteiger partial charge in [0.15, 0.2) is 0 Å². The molecule has 0 amide bonds. The van der Waals surface area contributed by atoms with Crippen molar-refractivity contribution in [2.45, 2.75) is 36.2 Å². The highest BCUT2D eigenvalue weighted by molar-refractivity contribution is 9.10. The van der Waals surface area contributed by atoms with Crippen LogP contribution in [-0.4, -0.2) is 6.04 Å². The normalized spacial score (nSPS) is 10.9. The van der Waals surface area contributed by atoms with Crippen LogP contribution < -0.4 is 5.32 Å². The highest BCUT2D eigenvalue weighted by Gasteiger charge is 1.99. The van der Waals surface area contributed by atoms with Crippen LogP contribution in [0.3, 0.4) is 0 Å². The van der Waals surface area contributed by atoms with Crippen molar-refractivity contribution in [2.75, 3.05) is 0 Å². The summed E-state index contributed by atoms with van der Waals surface area (Å²) < 4.78 is 1.12. The summed E-state index contributed by atoms with van der Waals surface area (Å²) in [5.41, 5.74) is 1.33. The Morgan fingerprint density at radius 3 is 2.42 bits per heavy atom. The van der Waals surface area contributed by atoms with Gasteiger partial charge in [0.2, 0.25) is 0 Å². The topological polar surface area (TPSA) is 12.0 Å². The van der Waals surface area contributed by atoms with Crippen LogP contribution in [0.2, 0.25) is 0 Å². The van der Waals surface area contributed by atoms with Crippen LogP contribution in [0.5, 0.6) is 0 Å². The van der Waals surface area contributed by atoms with Gasteiger partial charge in [0.1, 0.15) is 0 Å². The molecule has 0 aliphatic rings. The Kier molecular flexibility index (Phi) is 5.49. The Morgan fingerprint density at radius 1 is 1.05 bits per heavy atom. The zero-order valence-electron chi connectivity index (χ0n) is 11.2. The van der Waals surface area contributed by atoms with E-state index in [4.69, 9.17) is 0 Å². The maximum absolute atomic E-state index is 3.50. The van der Waals surface area contributed by atoms with Gasteiger partial charge in [-0.05, 0) is 35.9 Å². The standard InChI is InChI=1S/C16H18BrNS/c1-12(2)18-11-13-6-8-15(9-7-13)19-16-5-3-4-14(17)10-16/h3-10,12,18H,11H2,1-2H3. The molecule has 3 heteroatoms. The van der Waals surface area contributed by atoms with Gasteiger partial charge < -0.3 is 5.32 Å². The van der Waals surface area contributed by atoms with Gasteiger partial charge in [-0.2, -0.15) is 0 Å². The van der Waals surface area contributed by atoms with E-state index in [0.717, 1.165) is 11.0 Å². The van der Waals surface area contributed by atoms with Crippen molar-refractivity contribution in [1.29, 1.82) is 0 Å². The molecule has 0 aromatic heterocycles. The number of hydrogen-bond acceptors (Lipinski definition) is 2. The summed E-state index contributed by atoms with van der Waals surface area (Å²) >= 11 is 5.28. The number of halogens is 1. The number of benzene rings is 2. The number of hydrogen-bond donors (Lipinski definition) is 1. The van der Waals surface area contributed by atoms with Crippen LogP contribution in [0.1, 0.15) is 19.4 Å². The predicted octanol–water partition coefficient (Wildman–Crippen LogP) is 5.10. The first-order valence-corrected chi connectivity index (χ1v) is 8.00. The van der Waals surface area contributed by atoms with Crippen LogP contribution in [0, 0.1) is 0 Å². The van der Waals surface area contributed by atoms with Crippen molar-refractivity contribution < 1.29 is 0 Å². The third kappa shape index (κ3) is 5.01. The first kappa shape index (κ1) is 14.6. The van der Waals surface area contributed by atoms with Gasteiger partial charge >= 0.3 is 0 Å². The molecule has 0 saturated carbocycles. The molecular formula is C16H18BrNS. The molecule has 0 heterocycles. The van der Waals surface area contributed by atoms with Gasteiger partial charge in [0.05, 0.1) is 0 Å². The fraction of sp³-hybridized carbons (Fsp3) is 0.250. The van der Waals surface area contributed by atoms with E-state index < -0.39 is 0 Å². The molecule has 0 fully saturated rings. The van der Waals surface area contributed by atoms with Gasteiger partial charge in [0.25, 0.3) is 0 Å². The minimum absolute atomic E-state index is 0.524. The van der Waals surface area contributed by atoms with E-state index in [0.29, 0.717) is 6.04 Å². The lowest BCUT2D eigenvalue weighted by molar-refractivity contribution is 0.588. The molecule has 19 heavy (non-hydrogen) atoms. The lowest BCUT2D eigenvalue weighted by Crippen LogP contribution is -2.21. The van der Waals surface area contributed by atoms with Crippen LogP contribution in [-0.2, 0) is 6.54 Å². The molecule has 1 N–H and O–H groups in total. The summed E-state index contributed by atoms with van der Waals surface area (Å²) in [7, 11) is 0. The smallest absolute Gasteiger partial charge is 0.0207 e. The summed E-state index contributed by atoms with van der Waals surface area (Å²) in [5.74, 6) is 0. The fourth-order valence-corrected chi connectivity index (χ4v) is 3.09. The lowest BCUT2D eigenvalue weighted by Gasteiger charge is -2.08. The first-order valence-electron chi connectivity index (χ1n) is 6.39. The highest BCUT2D eigenvalue weighted by Crippen LogP contribution is 2.29. The minimum atomic E-state index is 0.524. The molecule has 0 saturated heterocycles. The number of nitrogens with one attached hydrogen (secondary N) is 1. The van der Waals surface area contributed by atoms with E-state index in [1.165, 1.54) is 15.4 Å². The van der Waals surface area contributed by atoms with E-state index in [2.05, 4.69) is 77.6 Å². The zero-order chi connectivity index (χ0) is 13.7. The van der Waals surface area contributed by atoms with E-state index in [-0.39, 0.29) is 0 Å². The van der Waals surface area contributed by atoms with Crippen LogP contribution in [0.25, 0.3) is 0 Å². The van der Waals surface area contributed by atoms with Crippen molar-refractivity contribution in [3.63, 3.8) is 0 Å². The summed E-state index contributed by atoms with van der Waals surface area (Å²) in [6.45, 7) is 5.26. The van der Waals surface area contributed by atoms with Gasteiger partial charge in [-0.25, -0.2) is 0 Å². The molecule has 2 aromatic rings.